The zero-order chi connectivity index (χ0) is 14.3. The van der Waals surface area contributed by atoms with Crippen molar-refractivity contribution in [2.45, 2.75) is 58.5 Å². The minimum Gasteiger partial charge on any atom is -0.378 e. The molecule has 1 unspecified atom stereocenters. The molecule has 0 fully saturated rings. The molecule has 1 N–H and O–H groups in total. The van der Waals surface area contributed by atoms with E-state index in [1.54, 1.807) is 6.92 Å². The van der Waals surface area contributed by atoms with E-state index in [-0.39, 0.29) is 0 Å². The van der Waals surface area contributed by atoms with Crippen LogP contribution in [0.1, 0.15) is 57.1 Å². The van der Waals surface area contributed by atoms with Gasteiger partial charge in [0.25, 0.3) is 0 Å². The summed E-state index contributed by atoms with van der Waals surface area (Å²) in [6.45, 7) is 5.92. The first kappa shape index (κ1) is 16.1. The summed E-state index contributed by atoms with van der Waals surface area (Å²) in [5.41, 5.74) is 1.01. The highest BCUT2D eigenvalue weighted by molar-refractivity contribution is 6.31. The molecule has 19 heavy (non-hydrogen) atoms. The highest BCUT2D eigenvalue weighted by atomic mass is 35.5. The van der Waals surface area contributed by atoms with E-state index in [0.717, 1.165) is 35.4 Å². The van der Waals surface area contributed by atoms with Gasteiger partial charge in [0.2, 0.25) is 0 Å². The van der Waals surface area contributed by atoms with Gasteiger partial charge < -0.3 is 5.11 Å². The van der Waals surface area contributed by atoms with Crippen LogP contribution in [0.15, 0.2) is 18.2 Å². The van der Waals surface area contributed by atoms with Crippen molar-refractivity contribution in [2.24, 2.45) is 0 Å². The van der Waals surface area contributed by atoms with Gasteiger partial charge in [0.1, 0.15) is 5.60 Å². The van der Waals surface area contributed by atoms with Crippen LogP contribution in [-0.4, -0.2) is 10.7 Å². The summed E-state index contributed by atoms with van der Waals surface area (Å²) in [6, 6.07) is 5.68. The topological polar surface area (TPSA) is 20.2 Å². The highest BCUT2D eigenvalue weighted by Gasteiger charge is 2.15. The summed E-state index contributed by atoms with van der Waals surface area (Å²) in [6.07, 6.45) is 5.34. The number of hydrogen-bond acceptors (Lipinski definition) is 1. The van der Waals surface area contributed by atoms with Gasteiger partial charge in [-0.05, 0) is 50.5 Å². The monoisotopic (exact) mass is 278 g/mol. The van der Waals surface area contributed by atoms with E-state index in [0.29, 0.717) is 0 Å². The van der Waals surface area contributed by atoms with Gasteiger partial charge in [0.05, 0.1) is 0 Å². The minimum atomic E-state index is -0.902. The predicted molar refractivity (Wildman–Crippen MR) is 82.4 cm³/mol. The van der Waals surface area contributed by atoms with Gasteiger partial charge in [-0.1, -0.05) is 49.6 Å². The van der Waals surface area contributed by atoms with Crippen LogP contribution in [0.2, 0.25) is 5.02 Å². The van der Waals surface area contributed by atoms with Crippen LogP contribution in [0, 0.1) is 18.8 Å². The first-order chi connectivity index (χ1) is 8.94. The van der Waals surface area contributed by atoms with E-state index in [4.69, 9.17) is 11.6 Å². The van der Waals surface area contributed by atoms with Crippen LogP contribution in [0.5, 0.6) is 0 Å². The third-order valence-electron chi connectivity index (χ3n) is 3.15. The molecule has 1 aromatic carbocycles. The zero-order valence-corrected chi connectivity index (χ0v) is 12.8. The van der Waals surface area contributed by atoms with Crippen LogP contribution in [0.4, 0.5) is 0 Å². The summed E-state index contributed by atoms with van der Waals surface area (Å²) in [5.74, 6) is 6.00. The van der Waals surface area contributed by atoms with Gasteiger partial charge in [-0.15, -0.1) is 0 Å². The van der Waals surface area contributed by atoms with Gasteiger partial charge in [0.15, 0.2) is 0 Å². The first-order valence-corrected chi connectivity index (χ1v) is 7.34. The number of rotatable bonds is 5. The third-order valence-corrected chi connectivity index (χ3v) is 3.58. The van der Waals surface area contributed by atoms with Gasteiger partial charge in [0, 0.05) is 10.6 Å². The fourth-order valence-corrected chi connectivity index (χ4v) is 2.01. The first-order valence-electron chi connectivity index (χ1n) is 6.96. The fourth-order valence-electron chi connectivity index (χ4n) is 1.89. The SMILES string of the molecule is CCCCCCC(C)(O)C#Cc1ccc(Cl)c(C)c1. The smallest absolute Gasteiger partial charge is 0.123 e. The second-order valence-electron chi connectivity index (χ2n) is 5.30. The Bertz CT molecular complexity index is 466. The van der Waals surface area contributed by atoms with Crippen molar-refractivity contribution in [3.8, 4) is 11.8 Å². The van der Waals surface area contributed by atoms with Crippen molar-refractivity contribution in [3.05, 3.63) is 34.3 Å². The molecule has 0 radical (unpaired) electrons. The molecule has 0 heterocycles. The number of halogens is 1. The van der Waals surface area contributed by atoms with Gasteiger partial charge >= 0.3 is 0 Å². The Morgan fingerprint density at radius 1 is 1.26 bits per heavy atom. The van der Waals surface area contributed by atoms with Crippen molar-refractivity contribution in [2.75, 3.05) is 0 Å². The van der Waals surface area contributed by atoms with Crippen LogP contribution >= 0.6 is 11.6 Å². The van der Waals surface area contributed by atoms with E-state index in [2.05, 4.69) is 18.8 Å². The lowest BCUT2D eigenvalue weighted by Crippen LogP contribution is -2.21. The van der Waals surface area contributed by atoms with Gasteiger partial charge in [-0.2, -0.15) is 0 Å². The average Bonchev–Trinajstić information content (AvgIpc) is 2.36. The molecule has 0 saturated carbocycles. The Hall–Kier alpha value is -0.970. The maximum atomic E-state index is 10.2. The Balaban J connectivity index is 2.61. The largest absolute Gasteiger partial charge is 0.378 e. The highest BCUT2D eigenvalue weighted by Crippen LogP contribution is 2.17. The lowest BCUT2D eigenvalue weighted by molar-refractivity contribution is 0.109. The molecule has 1 atom stereocenters. The zero-order valence-electron chi connectivity index (χ0n) is 12.1. The molecule has 0 aliphatic carbocycles. The molecule has 1 rings (SSSR count). The summed E-state index contributed by atoms with van der Waals surface area (Å²) in [4.78, 5) is 0. The number of hydrogen-bond donors (Lipinski definition) is 1. The summed E-state index contributed by atoms with van der Waals surface area (Å²) >= 11 is 5.97. The number of aryl methyl sites for hydroxylation is 1. The summed E-state index contributed by atoms with van der Waals surface area (Å²) in [7, 11) is 0. The minimum absolute atomic E-state index is 0.729. The molecule has 1 aromatic rings. The molecule has 0 aliphatic heterocycles. The Kier molecular flexibility index (Phi) is 6.42. The van der Waals surface area contributed by atoms with Gasteiger partial charge in [-0.25, -0.2) is 0 Å². The Labute approximate surface area is 122 Å². The van der Waals surface area contributed by atoms with Crippen LogP contribution < -0.4 is 0 Å². The lowest BCUT2D eigenvalue weighted by Gasteiger charge is -2.15. The molecular weight excluding hydrogens is 256 g/mol. The van der Waals surface area contributed by atoms with E-state index in [1.807, 2.05) is 25.1 Å². The molecule has 0 saturated heterocycles. The Morgan fingerprint density at radius 2 is 2.00 bits per heavy atom. The quantitative estimate of drug-likeness (QED) is 0.610. The molecule has 104 valence electrons. The maximum absolute atomic E-state index is 10.2. The molecule has 0 aliphatic rings. The normalized spacial score (nSPS) is 13.5. The standard InChI is InChI=1S/C17H23ClO/c1-4-5-6-7-11-17(3,19)12-10-15-8-9-16(18)14(2)13-15/h8-9,13,19H,4-7,11H2,1-3H3. The number of benzene rings is 1. The fraction of sp³-hybridized carbons (Fsp3) is 0.529. The third kappa shape index (κ3) is 6.14. The van der Waals surface area contributed by atoms with Crippen molar-refractivity contribution >= 4 is 11.6 Å². The molecule has 0 bridgehead atoms. The molecule has 2 heteroatoms. The van der Waals surface area contributed by atoms with Crippen molar-refractivity contribution < 1.29 is 5.11 Å². The predicted octanol–water partition coefficient (Wildman–Crippen LogP) is 4.72. The van der Waals surface area contributed by atoms with Crippen molar-refractivity contribution in [3.63, 3.8) is 0 Å². The van der Waals surface area contributed by atoms with E-state index >= 15 is 0 Å². The van der Waals surface area contributed by atoms with Crippen LogP contribution in [-0.2, 0) is 0 Å². The Morgan fingerprint density at radius 3 is 2.63 bits per heavy atom. The van der Waals surface area contributed by atoms with E-state index in [9.17, 15) is 5.11 Å². The van der Waals surface area contributed by atoms with Crippen LogP contribution in [0.25, 0.3) is 0 Å². The van der Waals surface area contributed by atoms with Crippen molar-refractivity contribution in [1.29, 1.82) is 0 Å². The molecule has 0 spiro atoms. The van der Waals surface area contributed by atoms with E-state index < -0.39 is 5.60 Å². The molecular formula is C17H23ClO. The molecule has 0 aromatic heterocycles. The number of unbranched alkanes of at least 4 members (excludes halogenated alkanes) is 3. The summed E-state index contributed by atoms with van der Waals surface area (Å²) in [5, 5.41) is 10.9. The van der Waals surface area contributed by atoms with Gasteiger partial charge in [-0.3, -0.25) is 0 Å². The second-order valence-corrected chi connectivity index (χ2v) is 5.71. The summed E-state index contributed by atoms with van der Waals surface area (Å²) < 4.78 is 0. The van der Waals surface area contributed by atoms with Crippen LogP contribution in [0.3, 0.4) is 0 Å². The van der Waals surface area contributed by atoms with E-state index in [1.165, 1.54) is 12.8 Å². The lowest BCUT2D eigenvalue weighted by atomic mass is 9.98. The average molecular weight is 279 g/mol. The van der Waals surface area contributed by atoms with Crippen molar-refractivity contribution in [1.82, 2.24) is 0 Å². The molecule has 1 nitrogen and oxygen atoms in total. The maximum Gasteiger partial charge on any atom is 0.123 e. The number of aliphatic hydroxyl groups is 1. The molecule has 0 amide bonds. The second kappa shape index (κ2) is 7.58.